The maximum Gasteiger partial charge on any atom is 0.347 e. The predicted molar refractivity (Wildman–Crippen MR) is 107 cm³/mol. The number of benzene rings is 3. The smallest absolute Gasteiger partial charge is 0.347 e. The molecule has 7 heteroatoms. The van der Waals surface area contributed by atoms with E-state index in [-0.39, 0.29) is 27.6 Å². The van der Waals surface area contributed by atoms with Gasteiger partial charge in [-0.2, -0.15) is 0 Å². The van der Waals surface area contributed by atoms with Gasteiger partial charge < -0.3 is 18.9 Å². The zero-order chi connectivity index (χ0) is 20.8. The molecule has 0 atom stereocenters. The summed E-state index contributed by atoms with van der Waals surface area (Å²) >= 11 is 6.20. The van der Waals surface area contributed by atoms with Gasteiger partial charge in [-0.25, -0.2) is 9.59 Å². The van der Waals surface area contributed by atoms with Crippen molar-refractivity contribution in [2.45, 2.75) is 0 Å². The normalized spacial score (nSPS) is 10.2. The second-order valence-electron chi connectivity index (χ2n) is 5.77. The van der Waals surface area contributed by atoms with E-state index in [1.807, 2.05) is 0 Å². The molecule has 0 bridgehead atoms. The Kier molecular flexibility index (Phi) is 6.36. The monoisotopic (exact) mass is 412 g/mol. The summed E-state index contributed by atoms with van der Waals surface area (Å²) in [6, 6.07) is 17.7. The number of hydrogen-bond donors (Lipinski definition) is 0. The topological polar surface area (TPSA) is 71.1 Å². The summed E-state index contributed by atoms with van der Waals surface area (Å²) in [5, 5.41) is 0.110. The first-order chi connectivity index (χ1) is 14.0. The van der Waals surface area contributed by atoms with Crippen LogP contribution < -0.4 is 18.9 Å². The highest BCUT2D eigenvalue weighted by Gasteiger charge is 2.18. The van der Waals surface area contributed by atoms with Crippen LogP contribution in [0.15, 0.2) is 66.7 Å². The standard InChI is InChI=1S/C22H17ClO6/c1-26-18-9-5-3-7-15(18)21(24)28-14-11-12-20(17(23)13-14)29-22(25)16-8-4-6-10-19(16)27-2/h3-13H,1-2H3. The summed E-state index contributed by atoms with van der Waals surface area (Å²) in [4.78, 5) is 24.8. The molecule has 3 aromatic rings. The molecule has 0 aromatic heterocycles. The summed E-state index contributed by atoms with van der Waals surface area (Å²) in [5.74, 6) is -0.120. The fraction of sp³-hybridized carbons (Fsp3) is 0.0909. The van der Waals surface area contributed by atoms with E-state index in [1.165, 1.54) is 32.4 Å². The molecular formula is C22H17ClO6. The summed E-state index contributed by atoms with van der Waals surface area (Å²) < 4.78 is 21.0. The second-order valence-corrected chi connectivity index (χ2v) is 6.18. The molecule has 3 rings (SSSR count). The number of methoxy groups -OCH3 is 2. The van der Waals surface area contributed by atoms with Gasteiger partial charge in [-0.05, 0) is 36.4 Å². The van der Waals surface area contributed by atoms with E-state index in [2.05, 4.69) is 0 Å². The summed E-state index contributed by atoms with van der Waals surface area (Å²) in [7, 11) is 2.93. The van der Waals surface area contributed by atoms with E-state index < -0.39 is 11.9 Å². The zero-order valence-electron chi connectivity index (χ0n) is 15.7. The highest BCUT2D eigenvalue weighted by molar-refractivity contribution is 6.32. The van der Waals surface area contributed by atoms with E-state index in [4.69, 9.17) is 30.5 Å². The predicted octanol–water partition coefficient (Wildman–Crippen LogP) is 4.80. The van der Waals surface area contributed by atoms with Crippen LogP contribution in [0.25, 0.3) is 0 Å². The molecule has 6 nitrogen and oxygen atoms in total. The molecule has 0 aliphatic rings. The van der Waals surface area contributed by atoms with Gasteiger partial charge in [-0.3, -0.25) is 0 Å². The molecule has 0 aliphatic heterocycles. The highest BCUT2D eigenvalue weighted by Crippen LogP contribution is 2.31. The number of ether oxygens (including phenoxy) is 4. The Morgan fingerprint density at radius 1 is 0.690 bits per heavy atom. The van der Waals surface area contributed by atoms with Gasteiger partial charge in [0.2, 0.25) is 0 Å². The van der Waals surface area contributed by atoms with E-state index >= 15 is 0 Å². The third-order valence-electron chi connectivity index (χ3n) is 3.97. The van der Waals surface area contributed by atoms with Crippen molar-refractivity contribution in [2.24, 2.45) is 0 Å². The van der Waals surface area contributed by atoms with Gasteiger partial charge in [0.05, 0.1) is 19.2 Å². The Morgan fingerprint density at radius 2 is 1.21 bits per heavy atom. The fourth-order valence-corrected chi connectivity index (χ4v) is 2.78. The van der Waals surface area contributed by atoms with E-state index in [0.717, 1.165) is 0 Å². The third-order valence-corrected chi connectivity index (χ3v) is 4.27. The van der Waals surface area contributed by atoms with Crippen LogP contribution in [0.2, 0.25) is 5.02 Å². The molecule has 0 saturated heterocycles. The Balaban J connectivity index is 1.75. The third kappa shape index (κ3) is 4.67. The van der Waals surface area contributed by atoms with Crippen LogP contribution in [-0.2, 0) is 0 Å². The Hall–Kier alpha value is -3.51. The molecule has 29 heavy (non-hydrogen) atoms. The van der Waals surface area contributed by atoms with Gasteiger partial charge in [-0.1, -0.05) is 35.9 Å². The van der Waals surface area contributed by atoms with Crippen molar-refractivity contribution < 1.29 is 28.5 Å². The molecule has 3 aromatic carbocycles. The lowest BCUT2D eigenvalue weighted by Gasteiger charge is -2.11. The van der Waals surface area contributed by atoms with E-state index in [0.29, 0.717) is 11.5 Å². The summed E-state index contributed by atoms with van der Waals surface area (Å²) in [6.45, 7) is 0. The van der Waals surface area contributed by atoms with Crippen molar-refractivity contribution in [3.05, 3.63) is 82.9 Å². The van der Waals surface area contributed by atoms with Gasteiger partial charge in [0.1, 0.15) is 34.1 Å². The summed E-state index contributed by atoms with van der Waals surface area (Å²) in [5.41, 5.74) is 0.538. The Bertz CT molecular complexity index is 1050. The average molecular weight is 413 g/mol. The minimum absolute atomic E-state index is 0.110. The van der Waals surface area contributed by atoms with Crippen LogP contribution in [0.3, 0.4) is 0 Å². The van der Waals surface area contributed by atoms with Crippen LogP contribution in [0, 0.1) is 0 Å². The van der Waals surface area contributed by atoms with E-state index in [1.54, 1.807) is 48.5 Å². The maximum absolute atomic E-state index is 12.4. The van der Waals surface area contributed by atoms with Crippen LogP contribution >= 0.6 is 11.6 Å². The number of esters is 2. The van der Waals surface area contributed by atoms with Crippen molar-refractivity contribution in [1.82, 2.24) is 0 Å². The SMILES string of the molecule is COc1ccccc1C(=O)Oc1ccc(OC(=O)c2ccccc2OC)c(Cl)c1. The van der Waals surface area contributed by atoms with Crippen LogP contribution in [0.5, 0.6) is 23.0 Å². The Labute approximate surface area is 172 Å². The van der Waals surface area contributed by atoms with Gasteiger partial charge >= 0.3 is 11.9 Å². The number of rotatable bonds is 6. The van der Waals surface area contributed by atoms with Crippen molar-refractivity contribution in [3.8, 4) is 23.0 Å². The zero-order valence-corrected chi connectivity index (χ0v) is 16.4. The molecule has 0 spiro atoms. The molecule has 0 radical (unpaired) electrons. The fourth-order valence-electron chi connectivity index (χ4n) is 2.57. The van der Waals surface area contributed by atoms with Crippen LogP contribution in [0.1, 0.15) is 20.7 Å². The number of para-hydroxylation sites is 2. The van der Waals surface area contributed by atoms with Gasteiger partial charge in [0.25, 0.3) is 0 Å². The van der Waals surface area contributed by atoms with Crippen molar-refractivity contribution in [2.75, 3.05) is 14.2 Å². The molecule has 0 amide bonds. The molecule has 0 unspecified atom stereocenters. The molecule has 0 N–H and O–H groups in total. The quantitative estimate of drug-likeness (QED) is 0.428. The van der Waals surface area contributed by atoms with Gasteiger partial charge in [0.15, 0.2) is 0 Å². The number of carbonyl (C=O) groups excluding carboxylic acids is 2. The lowest BCUT2D eigenvalue weighted by molar-refractivity contribution is 0.0715. The first-order valence-corrected chi connectivity index (χ1v) is 8.91. The minimum atomic E-state index is -0.622. The van der Waals surface area contributed by atoms with Gasteiger partial charge in [0, 0.05) is 6.07 Å². The van der Waals surface area contributed by atoms with Gasteiger partial charge in [-0.15, -0.1) is 0 Å². The summed E-state index contributed by atoms with van der Waals surface area (Å²) in [6.07, 6.45) is 0. The lowest BCUT2D eigenvalue weighted by atomic mass is 10.2. The second kappa shape index (κ2) is 9.12. The largest absolute Gasteiger partial charge is 0.496 e. The number of halogens is 1. The first kappa shape index (κ1) is 20.2. The van der Waals surface area contributed by atoms with Crippen LogP contribution in [-0.4, -0.2) is 26.2 Å². The van der Waals surface area contributed by atoms with Crippen molar-refractivity contribution in [1.29, 1.82) is 0 Å². The van der Waals surface area contributed by atoms with E-state index in [9.17, 15) is 9.59 Å². The molecule has 0 heterocycles. The molecule has 0 aliphatic carbocycles. The average Bonchev–Trinajstić information content (AvgIpc) is 2.75. The first-order valence-electron chi connectivity index (χ1n) is 8.53. The van der Waals surface area contributed by atoms with Crippen LogP contribution in [0.4, 0.5) is 0 Å². The lowest BCUT2D eigenvalue weighted by Crippen LogP contribution is -2.11. The molecular weight excluding hydrogens is 396 g/mol. The maximum atomic E-state index is 12.4. The molecule has 148 valence electrons. The minimum Gasteiger partial charge on any atom is -0.496 e. The molecule has 0 saturated carbocycles. The Morgan fingerprint density at radius 3 is 1.72 bits per heavy atom. The van der Waals surface area contributed by atoms with Crippen molar-refractivity contribution >= 4 is 23.5 Å². The number of hydrogen-bond acceptors (Lipinski definition) is 6. The molecule has 0 fully saturated rings. The van der Waals surface area contributed by atoms with Crippen molar-refractivity contribution in [3.63, 3.8) is 0 Å². The number of carbonyl (C=O) groups is 2. The highest BCUT2D eigenvalue weighted by atomic mass is 35.5.